The maximum atomic E-state index is 12.5. The number of aryl methyl sites for hydroxylation is 1. The van der Waals surface area contributed by atoms with Crippen molar-refractivity contribution in [1.82, 2.24) is 14.9 Å². The Bertz CT molecular complexity index is 1170. The first-order chi connectivity index (χ1) is 15.7. The van der Waals surface area contributed by atoms with Crippen molar-refractivity contribution in [2.75, 3.05) is 13.7 Å². The van der Waals surface area contributed by atoms with Crippen LogP contribution in [-0.4, -0.2) is 29.2 Å². The van der Waals surface area contributed by atoms with Gasteiger partial charge in [-0.15, -0.1) is 11.3 Å². The number of rotatable bonds is 10. The van der Waals surface area contributed by atoms with Gasteiger partial charge in [-0.25, -0.2) is 4.98 Å². The molecule has 7 heteroatoms. The molecule has 1 amide bonds. The van der Waals surface area contributed by atoms with Crippen LogP contribution in [0.3, 0.4) is 0 Å². The minimum atomic E-state index is -0.207. The highest BCUT2D eigenvalue weighted by Gasteiger charge is 2.19. The zero-order valence-electron chi connectivity index (χ0n) is 18.3. The number of nitrogens with zero attached hydrogens (tertiary/aromatic N) is 2. The average Bonchev–Trinajstić information content (AvgIpc) is 3.48. The Kier molecular flexibility index (Phi) is 7.07. The molecule has 2 aromatic heterocycles. The number of fused-ring (bicyclic) bond motifs is 1. The molecule has 2 heterocycles. The van der Waals surface area contributed by atoms with Gasteiger partial charge >= 0.3 is 0 Å². The second-order valence-corrected chi connectivity index (χ2v) is 8.44. The molecule has 1 unspecified atom stereocenters. The van der Waals surface area contributed by atoms with Crippen LogP contribution >= 0.6 is 11.3 Å². The van der Waals surface area contributed by atoms with E-state index in [4.69, 9.17) is 14.5 Å². The molecule has 0 aliphatic rings. The Hall–Kier alpha value is -3.32. The number of amides is 1. The topological polar surface area (TPSA) is 65.4 Å². The van der Waals surface area contributed by atoms with Crippen LogP contribution in [0.5, 0.6) is 11.5 Å². The largest absolute Gasteiger partial charge is 0.493 e. The highest BCUT2D eigenvalue weighted by atomic mass is 32.1. The Morgan fingerprint density at radius 1 is 1.06 bits per heavy atom. The number of benzene rings is 2. The van der Waals surface area contributed by atoms with Crippen LogP contribution in [0, 0.1) is 0 Å². The van der Waals surface area contributed by atoms with E-state index in [9.17, 15) is 4.79 Å². The molecule has 4 aromatic rings. The highest BCUT2D eigenvalue weighted by Crippen LogP contribution is 2.26. The van der Waals surface area contributed by atoms with Gasteiger partial charge in [0.1, 0.15) is 5.82 Å². The fraction of sp³-hybridized carbons (Fsp3) is 0.280. The zero-order chi connectivity index (χ0) is 22.3. The number of imidazole rings is 1. The van der Waals surface area contributed by atoms with E-state index in [1.807, 2.05) is 66.9 Å². The molecule has 1 N–H and O–H groups in total. The van der Waals surface area contributed by atoms with E-state index in [1.54, 1.807) is 7.11 Å². The third-order valence-electron chi connectivity index (χ3n) is 5.27. The second kappa shape index (κ2) is 10.3. The summed E-state index contributed by atoms with van der Waals surface area (Å²) in [7, 11) is 1.65. The normalized spacial score (nSPS) is 11.9. The van der Waals surface area contributed by atoms with Crippen LogP contribution < -0.4 is 14.8 Å². The Labute approximate surface area is 191 Å². The number of unbranched alkanes of at least 4 members (excludes halogenated alkanes) is 1. The van der Waals surface area contributed by atoms with Gasteiger partial charge in [0.05, 0.1) is 35.7 Å². The Morgan fingerprint density at radius 2 is 1.84 bits per heavy atom. The van der Waals surface area contributed by atoms with Gasteiger partial charge in [0, 0.05) is 6.54 Å². The van der Waals surface area contributed by atoms with Crippen LogP contribution in [0.1, 0.15) is 41.3 Å². The van der Waals surface area contributed by atoms with Crippen molar-refractivity contribution in [2.45, 2.75) is 32.4 Å². The fourth-order valence-corrected chi connectivity index (χ4v) is 4.32. The number of hydrogen-bond donors (Lipinski definition) is 1. The SMILES string of the molecule is COc1ccccc1OCCCCn1c(C(C)NC(=O)c2cccs2)nc2ccccc21. The van der Waals surface area contributed by atoms with Crippen molar-refractivity contribution in [3.05, 3.63) is 76.7 Å². The predicted octanol–water partition coefficient (Wildman–Crippen LogP) is 5.46. The van der Waals surface area contributed by atoms with Crippen LogP contribution in [0.2, 0.25) is 0 Å². The summed E-state index contributed by atoms with van der Waals surface area (Å²) >= 11 is 1.44. The molecule has 2 aromatic carbocycles. The zero-order valence-corrected chi connectivity index (χ0v) is 19.1. The third-order valence-corrected chi connectivity index (χ3v) is 6.14. The molecule has 32 heavy (non-hydrogen) atoms. The number of aromatic nitrogens is 2. The summed E-state index contributed by atoms with van der Waals surface area (Å²) < 4.78 is 13.4. The lowest BCUT2D eigenvalue weighted by Crippen LogP contribution is -2.28. The van der Waals surface area contributed by atoms with E-state index in [-0.39, 0.29) is 11.9 Å². The molecule has 0 saturated heterocycles. The molecule has 0 radical (unpaired) electrons. The van der Waals surface area contributed by atoms with Gasteiger partial charge in [-0.2, -0.15) is 0 Å². The van der Waals surface area contributed by atoms with Crippen LogP contribution in [0.15, 0.2) is 66.0 Å². The minimum absolute atomic E-state index is 0.0729. The molecular formula is C25H27N3O3S. The number of methoxy groups -OCH3 is 1. The molecule has 4 rings (SSSR count). The first-order valence-electron chi connectivity index (χ1n) is 10.7. The van der Waals surface area contributed by atoms with E-state index in [1.165, 1.54) is 11.3 Å². The van der Waals surface area contributed by atoms with Crippen LogP contribution in [-0.2, 0) is 6.54 Å². The summed E-state index contributed by atoms with van der Waals surface area (Å²) in [6, 6.07) is 19.3. The molecule has 0 bridgehead atoms. The van der Waals surface area contributed by atoms with Gasteiger partial charge in [0.25, 0.3) is 5.91 Å². The third kappa shape index (κ3) is 4.94. The van der Waals surface area contributed by atoms with E-state index in [0.29, 0.717) is 11.5 Å². The van der Waals surface area contributed by atoms with Gasteiger partial charge in [-0.1, -0.05) is 30.3 Å². The first kappa shape index (κ1) is 21.9. The average molecular weight is 450 g/mol. The van der Waals surface area contributed by atoms with E-state index >= 15 is 0 Å². The van der Waals surface area contributed by atoms with Gasteiger partial charge in [-0.3, -0.25) is 4.79 Å². The maximum Gasteiger partial charge on any atom is 0.261 e. The van der Waals surface area contributed by atoms with Gasteiger partial charge in [0.2, 0.25) is 0 Å². The Balaban J connectivity index is 1.41. The molecular weight excluding hydrogens is 422 g/mol. The van der Waals surface area contributed by atoms with Gasteiger partial charge in [0.15, 0.2) is 11.5 Å². The van der Waals surface area contributed by atoms with Crippen molar-refractivity contribution in [2.24, 2.45) is 0 Å². The van der Waals surface area contributed by atoms with Crippen molar-refractivity contribution < 1.29 is 14.3 Å². The molecule has 1 atom stereocenters. The number of nitrogens with one attached hydrogen (secondary N) is 1. The lowest BCUT2D eigenvalue weighted by atomic mass is 10.2. The van der Waals surface area contributed by atoms with Crippen molar-refractivity contribution in [3.8, 4) is 11.5 Å². The molecule has 0 aliphatic heterocycles. The number of carbonyl (C=O) groups is 1. The second-order valence-electron chi connectivity index (χ2n) is 7.49. The summed E-state index contributed by atoms with van der Waals surface area (Å²) in [6.07, 6.45) is 1.81. The number of hydrogen-bond acceptors (Lipinski definition) is 5. The quantitative estimate of drug-likeness (QED) is 0.327. The summed E-state index contributed by atoms with van der Waals surface area (Å²) in [6.45, 7) is 3.38. The van der Waals surface area contributed by atoms with E-state index in [0.717, 1.165) is 47.7 Å². The summed E-state index contributed by atoms with van der Waals surface area (Å²) in [4.78, 5) is 18.1. The van der Waals surface area contributed by atoms with E-state index in [2.05, 4.69) is 16.0 Å². The number of ether oxygens (including phenoxy) is 2. The molecule has 0 saturated carbocycles. The molecule has 6 nitrogen and oxygen atoms in total. The van der Waals surface area contributed by atoms with Crippen molar-refractivity contribution >= 4 is 28.3 Å². The Morgan fingerprint density at radius 3 is 2.62 bits per heavy atom. The standard InChI is InChI=1S/C25H27N3O3S/c1-18(26-25(29)23-14-9-17-32-23)24-27-19-10-3-4-11-20(19)28(24)15-7-8-16-31-22-13-6-5-12-21(22)30-2/h3-6,9-14,17-18H,7-8,15-16H2,1-2H3,(H,26,29). The molecule has 0 spiro atoms. The van der Waals surface area contributed by atoms with Crippen molar-refractivity contribution in [1.29, 1.82) is 0 Å². The summed E-state index contributed by atoms with van der Waals surface area (Å²) in [5.41, 5.74) is 2.01. The molecule has 0 fully saturated rings. The monoisotopic (exact) mass is 449 g/mol. The lowest BCUT2D eigenvalue weighted by molar-refractivity contribution is 0.0941. The lowest BCUT2D eigenvalue weighted by Gasteiger charge is -2.16. The predicted molar refractivity (Wildman–Crippen MR) is 128 cm³/mol. The molecule has 0 aliphatic carbocycles. The number of carbonyl (C=O) groups excluding carboxylic acids is 1. The maximum absolute atomic E-state index is 12.5. The smallest absolute Gasteiger partial charge is 0.261 e. The summed E-state index contributed by atoms with van der Waals surface area (Å²) in [5.74, 6) is 2.29. The van der Waals surface area contributed by atoms with Gasteiger partial charge < -0.3 is 19.4 Å². The first-order valence-corrected chi connectivity index (χ1v) is 11.6. The molecule has 166 valence electrons. The number of para-hydroxylation sites is 4. The van der Waals surface area contributed by atoms with E-state index < -0.39 is 0 Å². The van der Waals surface area contributed by atoms with Crippen LogP contribution in [0.25, 0.3) is 11.0 Å². The summed E-state index contributed by atoms with van der Waals surface area (Å²) in [5, 5.41) is 4.99. The number of thiophene rings is 1. The fourth-order valence-electron chi connectivity index (χ4n) is 3.69. The van der Waals surface area contributed by atoms with Crippen LogP contribution in [0.4, 0.5) is 0 Å². The van der Waals surface area contributed by atoms with Crippen molar-refractivity contribution in [3.63, 3.8) is 0 Å². The van der Waals surface area contributed by atoms with Gasteiger partial charge in [-0.05, 0) is 55.5 Å². The highest BCUT2D eigenvalue weighted by molar-refractivity contribution is 7.12. The minimum Gasteiger partial charge on any atom is -0.493 e.